The van der Waals surface area contributed by atoms with Crippen LogP contribution in [-0.4, -0.2) is 9.97 Å². The van der Waals surface area contributed by atoms with Gasteiger partial charge in [-0.05, 0) is 30.3 Å². The molecular weight excluding hydrogens is 393 g/mol. The van der Waals surface area contributed by atoms with Gasteiger partial charge in [-0.25, -0.2) is 14.4 Å². The topological polar surface area (TPSA) is 37.8 Å². The average Bonchev–Trinajstić information content (AvgIpc) is 2.57. The fourth-order valence-corrected chi connectivity index (χ4v) is 2.53. The van der Waals surface area contributed by atoms with Crippen molar-refractivity contribution in [2.45, 2.75) is 6.18 Å². The fourth-order valence-electron chi connectivity index (χ4n) is 2.17. The molecule has 0 aliphatic carbocycles. The molecule has 3 nitrogen and oxygen atoms in total. The van der Waals surface area contributed by atoms with Crippen LogP contribution in [-0.2, 0) is 6.18 Å². The summed E-state index contributed by atoms with van der Waals surface area (Å²) >= 11 is 11.7. The molecule has 0 amide bonds. The maximum Gasteiger partial charge on any atom is 0.416 e. The molecule has 9 heteroatoms. The molecular formula is C17H9Cl2F4N3. The van der Waals surface area contributed by atoms with E-state index in [-0.39, 0.29) is 27.4 Å². The van der Waals surface area contributed by atoms with Crippen molar-refractivity contribution in [1.29, 1.82) is 0 Å². The Hall–Kier alpha value is -2.38. The lowest BCUT2D eigenvalue weighted by Crippen LogP contribution is -2.05. The number of halogens is 6. The first-order valence-corrected chi connectivity index (χ1v) is 7.92. The number of benzene rings is 2. The molecule has 3 aromatic rings. The Kier molecular flexibility index (Phi) is 5.02. The van der Waals surface area contributed by atoms with Gasteiger partial charge in [0.1, 0.15) is 16.8 Å². The second kappa shape index (κ2) is 7.09. The predicted molar refractivity (Wildman–Crippen MR) is 92.2 cm³/mol. The zero-order chi connectivity index (χ0) is 18.9. The molecule has 0 fully saturated rings. The lowest BCUT2D eigenvalue weighted by Gasteiger charge is -2.10. The van der Waals surface area contributed by atoms with Gasteiger partial charge < -0.3 is 5.32 Å². The van der Waals surface area contributed by atoms with Gasteiger partial charge in [-0.1, -0.05) is 35.3 Å². The summed E-state index contributed by atoms with van der Waals surface area (Å²) in [5.41, 5.74) is -0.234. The molecule has 3 rings (SSSR count). The molecule has 0 bridgehead atoms. The highest BCUT2D eigenvalue weighted by Gasteiger charge is 2.30. The molecule has 0 aliphatic rings. The SMILES string of the molecule is Fc1ccc(Nc2cc(Cl)nc(-c3cccc(C(F)(F)F)c3)n2)cc1Cl. The molecule has 2 aromatic carbocycles. The largest absolute Gasteiger partial charge is 0.416 e. The summed E-state index contributed by atoms with van der Waals surface area (Å²) in [5.74, 6) is -0.345. The van der Waals surface area contributed by atoms with E-state index in [0.717, 1.165) is 12.1 Å². The van der Waals surface area contributed by atoms with Crippen molar-refractivity contribution in [1.82, 2.24) is 9.97 Å². The molecule has 0 spiro atoms. The number of rotatable bonds is 3. The van der Waals surface area contributed by atoms with Crippen LogP contribution < -0.4 is 5.32 Å². The van der Waals surface area contributed by atoms with E-state index >= 15 is 0 Å². The summed E-state index contributed by atoms with van der Waals surface area (Å²) in [5, 5.41) is 2.80. The fraction of sp³-hybridized carbons (Fsp3) is 0.0588. The summed E-state index contributed by atoms with van der Waals surface area (Å²) in [6, 6.07) is 9.92. The third-order valence-corrected chi connectivity index (χ3v) is 3.82. The lowest BCUT2D eigenvalue weighted by molar-refractivity contribution is -0.137. The number of nitrogens with zero attached hydrogens (tertiary/aromatic N) is 2. The quantitative estimate of drug-likeness (QED) is 0.410. The van der Waals surface area contributed by atoms with Crippen LogP contribution in [0.5, 0.6) is 0 Å². The van der Waals surface area contributed by atoms with Gasteiger partial charge in [0.15, 0.2) is 5.82 Å². The van der Waals surface area contributed by atoms with Gasteiger partial charge in [-0.2, -0.15) is 13.2 Å². The van der Waals surface area contributed by atoms with Crippen LogP contribution in [0.3, 0.4) is 0 Å². The summed E-state index contributed by atoms with van der Waals surface area (Å²) in [7, 11) is 0. The highest BCUT2D eigenvalue weighted by molar-refractivity contribution is 6.31. The minimum absolute atomic E-state index is 0.0132. The van der Waals surface area contributed by atoms with Crippen molar-refractivity contribution in [2.75, 3.05) is 5.32 Å². The molecule has 0 saturated heterocycles. The van der Waals surface area contributed by atoms with Crippen molar-refractivity contribution in [3.05, 3.63) is 70.1 Å². The molecule has 134 valence electrons. The van der Waals surface area contributed by atoms with Crippen LogP contribution >= 0.6 is 23.2 Å². The summed E-state index contributed by atoms with van der Waals surface area (Å²) in [4.78, 5) is 8.12. The molecule has 1 aromatic heterocycles. The Morgan fingerprint density at radius 3 is 2.38 bits per heavy atom. The summed E-state index contributed by atoms with van der Waals surface area (Å²) in [6.45, 7) is 0. The van der Waals surface area contributed by atoms with Crippen LogP contribution in [0.2, 0.25) is 10.2 Å². The van der Waals surface area contributed by atoms with E-state index in [1.807, 2.05) is 0 Å². The van der Waals surface area contributed by atoms with Crippen LogP contribution in [0.15, 0.2) is 48.5 Å². The van der Waals surface area contributed by atoms with Crippen molar-refractivity contribution in [3.63, 3.8) is 0 Å². The molecule has 0 unspecified atom stereocenters. The monoisotopic (exact) mass is 401 g/mol. The number of aromatic nitrogens is 2. The van der Waals surface area contributed by atoms with Crippen LogP contribution in [0.25, 0.3) is 11.4 Å². The van der Waals surface area contributed by atoms with Crippen molar-refractivity contribution in [3.8, 4) is 11.4 Å². The number of anilines is 2. The second-order valence-electron chi connectivity index (χ2n) is 5.23. The third-order valence-electron chi connectivity index (χ3n) is 3.33. The Morgan fingerprint density at radius 2 is 1.69 bits per heavy atom. The molecule has 1 heterocycles. The lowest BCUT2D eigenvalue weighted by atomic mass is 10.1. The van der Waals surface area contributed by atoms with Gasteiger partial charge in [0.05, 0.1) is 10.6 Å². The first-order chi connectivity index (χ1) is 12.2. The van der Waals surface area contributed by atoms with E-state index in [1.165, 1.54) is 36.4 Å². The predicted octanol–water partition coefficient (Wildman–Crippen LogP) is 6.35. The zero-order valence-corrected chi connectivity index (χ0v) is 14.3. The van der Waals surface area contributed by atoms with Crippen LogP contribution in [0.4, 0.5) is 29.1 Å². The van der Waals surface area contributed by atoms with Gasteiger partial charge in [0.2, 0.25) is 0 Å². The van der Waals surface area contributed by atoms with Crippen molar-refractivity contribution < 1.29 is 17.6 Å². The number of alkyl halides is 3. The summed E-state index contributed by atoms with van der Waals surface area (Å²) in [6.07, 6.45) is -4.49. The first-order valence-electron chi connectivity index (χ1n) is 7.17. The number of hydrogen-bond donors (Lipinski definition) is 1. The molecule has 0 aliphatic heterocycles. The van der Waals surface area contributed by atoms with Crippen LogP contribution in [0.1, 0.15) is 5.56 Å². The number of nitrogens with one attached hydrogen (secondary N) is 1. The van der Waals surface area contributed by atoms with E-state index in [9.17, 15) is 17.6 Å². The average molecular weight is 402 g/mol. The Morgan fingerprint density at radius 1 is 0.923 bits per heavy atom. The van der Waals surface area contributed by atoms with Crippen LogP contribution in [0, 0.1) is 5.82 Å². The van der Waals surface area contributed by atoms with Gasteiger partial charge >= 0.3 is 6.18 Å². The maximum atomic E-state index is 13.2. The van der Waals surface area contributed by atoms with E-state index < -0.39 is 17.6 Å². The van der Waals surface area contributed by atoms with Crippen molar-refractivity contribution in [2.24, 2.45) is 0 Å². The van der Waals surface area contributed by atoms with Gasteiger partial charge in [-0.15, -0.1) is 0 Å². The van der Waals surface area contributed by atoms with Gasteiger partial charge in [0, 0.05) is 17.3 Å². The molecule has 26 heavy (non-hydrogen) atoms. The number of hydrogen-bond acceptors (Lipinski definition) is 3. The van der Waals surface area contributed by atoms with Gasteiger partial charge in [0.25, 0.3) is 0 Å². The first kappa shape index (κ1) is 18.4. The normalized spacial score (nSPS) is 11.5. The third kappa shape index (κ3) is 4.23. The van der Waals surface area contributed by atoms with E-state index in [2.05, 4.69) is 15.3 Å². The maximum absolute atomic E-state index is 13.2. The molecule has 0 saturated carbocycles. The highest BCUT2D eigenvalue weighted by atomic mass is 35.5. The Balaban J connectivity index is 1.96. The smallest absolute Gasteiger partial charge is 0.340 e. The Bertz CT molecular complexity index is 961. The van der Waals surface area contributed by atoms with Gasteiger partial charge in [-0.3, -0.25) is 0 Å². The second-order valence-corrected chi connectivity index (χ2v) is 6.03. The molecule has 1 N–H and O–H groups in total. The molecule has 0 atom stereocenters. The zero-order valence-electron chi connectivity index (χ0n) is 12.8. The minimum Gasteiger partial charge on any atom is -0.340 e. The minimum atomic E-state index is -4.49. The van der Waals surface area contributed by atoms with Crippen molar-refractivity contribution >= 4 is 34.7 Å². The standard InChI is InChI=1S/C17H9Cl2F4N3/c18-12-7-11(4-5-13(12)20)24-15-8-14(19)25-16(26-15)9-2-1-3-10(6-9)17(21,22)23/h1-8H,(H,24,25,26). The summed E-state index contributed by atoms with van der Waals surface area (Å²) < 4.78 is 51.9. The Labute approximate surface area is 155 Å². The van der Waals surface area contributed by atoms with E-state index in [0.29, 0.717) is 5.69 Å². The molecule has 0 radical (unpaired) electrons. The highest BCUT2D eigenvalue weighted by Crippen LogP contribution is 2.32. The van der Waals surface area contributed by atoms with E-state index in [4.69, 9.17) is 23.2 Å². The van der Waals surface area contributed by atoms with E-state index in [1.54, 1.807) is 0 Å².